The summed E-state index contributed by atoms with van der Waals surface area (Å²) >= 11 is 6.06. The summed E-state index contributed by atoms with van der Waals surface area (Å²) in [4.78, 5) is 12.5. The number of rotatable bonds is 3. The van der Waals surface area contributed by atoms with Gasteiger partial charge in [0.2, 0.25) is 5.78 Å². The van der Waals surface area contributed by atoms with Crippen molar-refractivity contribution in [1.29, 1.82) is 0 Å². The van der Waals surface area contributed by atoms with Gasteiger partial charge in [-0.15, -0.1) is 0 Å². The first-order valence-corrected chi connectivity index (χ1v) is 6.85. The van der Waals surface area contributed by atoms with Crippen LogP contribution in [0.25, 0.3) is 11.0 Å². The predicted molar refractivity (Wildman–Crippen MR) is 82.4 cm³/mol. The van der Waals surface area contributed by atoms with Crippen LogP contribution in [0.3, 0.4) is 0 Å². The van der Waals surface area contributed by atoms with Crippen LogP contribution in [0.1, 0.15) is 21.7 Å². The maximum atomic E-state index is 12.5. The predicted octanol–water partition coefficient (Wildman–Crippen LogP) is 4.63. The van der Waals surface area contributed by atoms with Gasteiger partial charge in [0, 0.05) is 10.9 Å². The molecule has 0 fully saturated rings. The van der Waals surface area contributed by atoms with Crippen molar-refractivity contribution < 1.29 is 13.9 Å². The summed E-state index contributed by atoms with van der Waals surface area (Å²) in [7, 11) is 1.60. The van der Waals surface area contributed by atoms with Crippen molar-refractivity contribution in [3.8, 4) is 5.75 Å². The Morgan fingerprint density at radius 1 is 1.19 bits per heavy atom. The van der Waals surface area contributed by atoms with Gasteiger partial charge in [-0.05, 0) is 42.8 Å². The Morgan fingerprint density at radius 2 is 2.00 bits per heavy atom. The molecule has 0 N–H and O–H groups in total. The fourth-order valence-corrected chi connectivity index (χ4v) is 2.52. The van der Waals surface area contributed by atoms with E-state index in [0.717, 1.165) is 16.7 Å². The highest BCUT2D eigenvalue weighted by atomic mass is 35.5. The highest BCUT2D eigenvalue weighted by Crippen LogP contribution is 2.28. The molecule has 0 spiro atoms. The van der Waals surface area contributed by atoms with Gasteiger partial charge in [-0.3, -0.25) is 4.79 Å². The van der Waals surface area contributed by atoms with Gasteiger partial charge in [-0.25, -0.2) is 0 Å². The molecule has 0 amide bonds. The van der Waals surface area contributed by atoms with Crippen LogP contribution in [0.2, 0.25) is 5.02 Å². The largest absolute Gasteiger partial charge is 0.496 e. The number of ketones is 1. The molecule has 21 heavy (non-hydrogen) atoms. The standard InChI is InChI=1S/C17H13ClO3/c1-10-8-11(6-7-14(10)20-2)16(19)15-9-12-4-3-5-13(18)17(12)21-15/h3-9H,1-2H3. The van der Waals surface area contributed by atoms with Crippen molar-refractivity contribution in [2.75, 3.05) is 7.11 Å². The van der Waals surface area contributed by atoms with E-state index in [2.05, 4.69) is 0 Å². The van der Waals surface area contributed by atoms with E-state index in [1.165, 1.54) is 0 Å². The Morgan fingerprint density at radius 3 is 2.67 bits per heavy atom. The number of hydrogen-bond acceptors (Lipinski definition) is 3. The fraction of sp³-hybridized carbons (Fsp3) is 0.118. The molecule has 0 saturated heterocycles. The summed E-state index contributed by atoms with van der Waals surface area (Å²) in [6.07, 6.45) is 0. The Bertz CT molecular complexity index is 833. The lowest BCUT2D eigenvalue weighted by Crippen LogP contribution is -2.00. The number of carbonyl (C=O) groups excluding carboxylic acids is 1. The molecule has 0 atom stereocenters. The monoisotopic (exact) mass is 300 g/mol. The van der Waals surface area contributed by atoms with Gasteiger partial charge in [-0.2, -0.15) is 0 Å². The first-order chi connectivity index (χ1) is 10.1. The smallest absolute Gasteiger partial charge is 0.228 e. The maximum Gasteiger partial charge on any atom is 0.228 e. The number of aryl methyl sites for hydroxylation is 1. The summed E-state index contributed by atoms with van der Waals surface area (Å²) < 4.78 is 10.8. The van der Waals surface area contributed by atoms with Crippen LogP contribution >= 0.6 is 11.6 Å². The lowest BCUT2D eigenvalue weighted by molar-refractivity contribution is 0.101. The summed E-state index contributed by atoms with van der Waals surface area (Å²) in [6, 6.07) is 12.4. The van der Waals surface area contributed by atoms with E-state index in [1.54, 1.807) is 37.4 Å². The normalized spacial score (nSPS) is 10.8. The molecule has 106 valence electrons. The average Bonchev–Trinajstić information content (AvgIpc) is 2.92. The van der Waals surface area contributed by atoms with Crippen LogP contribution in [0.5, 0.6) is 5.75 Å². The van der Waals surface area contributed by atoms with E-state index in [4.69, 9.17) is 20.8 Å². The molecule has 2 aromatic carbocycles. The number of para-hydroxylation sites is 1. The summed E-state index contributed by atoms with van der Waals surface area (Å²) in [5.74, 6) is 0.856. The maximum absolute atomic E-state index is 12.5. The zero-order chi connectivity index (χ0) is 15.0. The van der Waals surface area contributed by atoms with E-state index >= 15 is 0 Å². The van der Waals surface area contributed by atoms with Crippen molar-refractivity contribution in [3.63, 3.8) is 0 Å². The van der Waals surface area contributed by atoms with E-state index in [0.29, 0.717) is 16.2 Å². The first kappa shape index (κ1) is 13.7. The molecular weight excluding hydrogens is 288 g/mol. The molecule has 0 aliphatic heterocycles. The summed E-state index contributed by atoms with van der Waals surface area (Å²) in [5.41, 5.74) is 1.99. The van der Waals surface area contributed by atoms with Crippen molar-refractivity contribution in [2.45, 2.75) is 6.92 Å². The van der Waals surface area contributed by atoms with Gasteiger partial charge >= 0.3 is 0 Å². The highest BCUT2D eigenvalue weighted by Gasteiger charge is 2.16. The molecule has 0 radical (unpaired) electrons. The Labute approximate surface area is 127 Å². The zero-order valence-electron chi connectivity index (χ0n) is 11.6. The number of furan rings is 1. The molecule has 0 saturated carbocycles. The molecule has 0 bridgehead atoms. The molecule has 3 rings (SSSR count). The Balaban J connectivity index is 2.04. The van der Waals surface area contributed by atoms with E-state index in [9.17, 15) is 4.79 Å². The van der Waals surface area contributed by atoms with Crippen LogP contribution < -0.4 is 4.74 Å². The van der Waals surface area contributed by atoms with E-state index < -0.39 is 0 Å². The third kappa shape index (κ3) is 2.41. The molecule has 1 aromatic heterocycles. The molecule has 3 aromatic rings. The Hall–Kier alpha value is -2.26. The number of methoxy groups -OCH3 is 1. The van der Waals surface area contributed by atoms with Gasteiger partial charge in [0.05, 0.1) is 12.1 Å². The summed E-state index contributed by atoms with van der Waals surface area (Å²) in [6.45, 7) is 1.89. The van der Waals surface area contributed by atoms with Crippen molar-refractivity contribution in [3.05, 3.63) is 64.4 Å². The zero-order valence-corrected chi connectivity index (χ0v) is 12.4. The SMILES string of the molecule is COc1ccc(C(=O)c2cc3cccc(Cl)c3o2)cc1C. The van der Waals surface area contributed by atoms with Crippen LogP contribution in [0.4, 0.5) is 0 Å². The number of hydrogen-bond donors (Lipinski definition) is 0. The lowest BCUT2D eigenvalue weighted by Gasteiger charge is -2.05. The molecule has 1 heterocycles. The molecule has 0 unspecified atom stereocenters. The minimum absolute atomic E-state index is 0.173. The topological polar surface area (TPSA) is 39.4 Å². The van der Waals surface area contributed by atoms with Gasteiger partial charge in [0.15, 0.2) is 11.3 Å². The van der Waals surface area contributed by atoms with Gasteiger partial charge in [0.1, 0.15) is 5.75 Å². The third-order valence-electron chi connectivity index (χ3n) is 3.38. The van der Waals surface area contributed by atoms with Crippen LogP contribution in [0.15, 0.2) is 46.9 Å². The van der Waals surface area contributed by atoms with E-state index in [1.807, 2.05) is 19.1 Å². The van der Waals surface area contributed by atoms with Crippen LogP contribution in [0, 0.1) is 6.92 Å². The first-order valence-electron chi connectivity index (χ1n) is 6.47. The van der Waals surface area contributed by atoms with Crippen LogP contribution in [-0.2, 0) is 0 Å². The molecule has 4 heteroatoms. The minimum Gasteiger partial charge on any atom is -0.496 e. The van der Waals surface area contributed by atoms with Crippen molar-refractivity contribution >= 4 is 28.4 Å². The Kier molecular flexibility index (Phi) is 3.43. The fourth-order valence-electron chi connectivity index (χ4n) is 2.30. The third-order valence-corrected chi connectivity index (χ3v) is 3.67. The van der Waals surface area contributed by atoms with Crippen molar-refractivity contribution in [2.24, 2.45) is 0 Å². The average molecular weight is 301 g/mol. The van der Waals surface area contributed by atoms with Gasteiger partial charge < -0.3 is 9.15 Å². The quantitative estimate of drug-likeness (QED) is 0.662. The molecule has 0 aliphatic rings. The van der Waals surface area contributed by atoms with Gasteiger partial charge in [0.25, 0.3) is 0 Å². The number of fused-ring (bicyclic) bond motifs is 1. The number of carbonyl (C=O) groups is 1. The molecular formula is C17H13ClO3. The number of halogens is 1. The van der Waals surface area contributed by atoms with E-state index in [-0.39, 0.29) is 11.5 Å². The molecule has 0 aliphatic carbocycles. The van der Waals surface area contributed by atoms with Gasteiger partial charge in [-0.1, -0.05) is 23.7 Å². The highest BCUT2D eigenvalue weighted by molar-refractivity contribution is 6.35. The second-order valence-corrected chi connectivity index (χ2v) is 5.19. The lowest BCUT2D eigenvalue weighted by atomic mass is 10.1. The second-order valence-electron chi connectivity index (χ2n) is 4.78. The molecule has 3 nitrogen and oxygen atoms in total. The minimum atomic E-state index is -0.173. The van der Waals surface area contributed by atoms with Crippen LogP contribution in [-0.4, -0.2) is 12.9 Å². The van der Waals surface area contributed by atoms with Crippen molar-refractivity contribution in [1.82, 2.24) is 0 Å². The number of benzene rings is 2. The number of ether oxygens (including phenoxy) is 1. The summed E-state index contributed by atoms with van der Waals surface area (Å²) in [5, 5.41) is 1.31. The second kappa shape index (κ2) is 5.26.